The number of hydrogen-bond acceptors (Lipinski definition) is 4. The monoisotopic (exact) mass is 327 g/mol. The molecule has 3 rings (SSSR count). The molecule has 8 heteroatoms. The summed E-state index contributed by atoms with van der Waals surface area (Å²) in [7, 11) is 0. The standard InChI is InChI=1S/C15H16F3N3O2/c1-9-4-5-12-11(7-9)14(23,15(16,17)18)21(20-12)13(22)10-3-2-6-19-8-10/h2-3,6,8-9,11,23H,4-5,7H2,1H3/t9-,11+,14+/m1/s1. The average Bonchev–Trinajstić information content (AvgIpc) is 2.81. The molecule has 2 aliphatic rings. The molecule has 124 valence electrons. The van der Waals surface area contributed by atoms with Crippen molar-refractivity contribution >= 4 is 11.6 Å². The van der Waals surface area contributed by atoms with Gasteiger partial charge in [0.25, 0.3) is 11.6 Å². The van der Waals surface area contributed by atoms with Gasteiger partial charge >= 0.3 is 6.18 Å². The van der Waals surface area contributed by atoms with Gasteiger partial charge in [0, 0.05) is 18.1 Å². The van der Waals surface area contributed by atoms with Gasteiger partial charge in [0.15, 0.2) is 0 Å². The number of alkyl halides is 3. The summed E-state index contributed by atoms with van der Waals surface area (Å²) < 4.78 is 40.9. The van der Waals surface area contributed by atoms with Crippen LogP contribution in [-0.4, -0.2) is 38.6 Å². The smallest absolute Gasteiger partial charge is 0.362 e. The van der Waals surface area contributed by atoms with Crippen molar-refractivity contribution in [2.75, 3.05) is 0 Å². The highest BCUT2D eigenvalue weighted by molar-refractivity contribution is 5.99. The molecule has 1 N–H and O–H groups in total. The van der Waals surface area contributed by atoms with Crippen LogP contribution in [0, 0.1) is 11.8 Å². The number of rotatable bonds is 1. The van der Waals surface area contributed by atoms with Gasteiger partial charge < -0.3 is 5.11 Å². The lowest BCUT2D eigenvalue weighted by atomic mass is 9.76. The van der Waals surface area contributed by atoms with Gasteiger partial charge in [0.05, 0.1) is 11.5 Å². The fraction of sp³-hybridized carbons (Fsp3) is 0.533. The summed E-state index contributed by atoms with van der Waals surface area (Å²) in [5.74, 6) is -2.19. The molecule has 0 saturated heterocycles. The quantitative estimate of drug-likeness (QED) is 0.862. The van der Waals surface area contributed by atoms with Gasteiger partial charge in [-0.2, -0.15) is 23.3 Å². The van der Waals surface area contributed by atoms with E-state index in [4.69, 9.17) is 0 Å². The van der Waals surface area contributed by atoms with E-state index in [0.717, 1.165) is 6.20 Å². The van der Waals surface area contributed by atoms with Crippen molar-refractivity contribution in [1.82, 2.24) is 9.99 Å². The molecule has 0 bridgehead atoms. The van der Waals surface area contributed by atoms with Crippen LogP contribution < -0.4 is 0 Å². The SMILES string of the molecule is C[C@@H]1CCC2=NN(C(=O)c3cccnc3)[C@@](O)(C(F)(F)F)[C@H]2C1. The summed E-state index contributed by atoms with van der Waals surface area (Å²) in [6.07, 6.45) is -1.25. The zero-order valence-corrected chi connectivity index (χ0v) is 12.4. The summed E-state index contributed by atoms with van der Waals surface area (Å²) in [4.78, 5) is 16.2. The molecular formula is C15H16F3N3O2. The summed E-state index contributed by atoms with van der Waals surface area (Å²) in [5.41, 5.74) is -3.12. The first-order chi connectivity index (χ1) is 10.7. The molecule has 1 aliphatic carbocycles. The largest absolute Gasteiger partial charge is 0.439 e. The predicted octanol–water partition coefficient (Wildman–Crippen LogP) is 2.58. The molecule has 0 aromatic carbocycles. The lowest BCUT2D eigenvalue weighted by Crippen LogP contribution is -2.61. The Morgan fingerprint density at radius 2 is 2.22 bits per heavy atom. The Labute approximate surface area is 130 Å². The van der Waals surface area contributed by atoms with Gasteiger partial charge in [-0.1, -0.05) is 6.92 Å². The zero-order valence-electron chi connectivity index (χ0n) is 12.4. The normalized spacial score (nSPS) is 30.8. The van der Waals surface area contributed by atoms with E-state index in [-0.39, 0.29) is 28.6 Å². The molecule has 0 spiro atoms. The van der Waals surface area contributed by atoms with Crippen molar-refractivity contribution in [2.45, 2.75) is 38.1 Å². The van der Waals surface area contributed by atoms with Crippen LogP contribution in [0.3, 0.4) is 0 Å². The molecule has 1 fully saturated rings. The molecular weight excluding hydrogens is 311 g/mol. The third-order valence-corrected chi connectivity index (χ3v) is 4.49. The highest BCUT2D eigenvalue weighted by Crippen LogP contribution is 2.49. The summed E-state index contributed by atoms with van der Waals surface area (Å²) in [6, 6.07) is 2.79. The van der Waals surface area contributed by atoms with Gasteiger partial charge in [-0.3, -0.25) is 9.78 Å². The molecule has 1 aromatic heterocycles. The Bertz CT molecular complexity index is 647. The molecule has 23 heavy (non-hydrogen) atoms. The molecule has 0 radical (unpaired) electrons. The first kappa shape index (κ1) is 15.9. The second kappa shape index (κ2) is 5.30. The predicted molar refractivity (Wildman–Crippen MR) is 75.4 cm³/mol. The van der Waals surface area contributed by atoms with Crippen LogP contribution in [-0.2, 0) is 0 Å². The minimum Gasteiger partial charge on any atom is -0.362 e. The number of pyridine rings is 1. The number of halogens is 3. The zero-order chi connectivity index (χ0) is 16.8. The van der Waals surface area contributed by atoms with Crippen molar-refractivity contribution in [3.8, 4) is 0 Å². The van der Waals surface area contributed by atoms with Crippen LogP contribution in [0.2, 0.25) is 0 Å². The number of amides is 1. The topological polar surface area (TPSA) is 65.8 Å². The second-order valence-electron chi connectivity index (χ2n) is 6.11. The number of carbonyl (C=O) groups excluding carboxylic acids is 1. The van der Waals surface area contributed by atoms with Gasteiger partial charge in [-0.25, -0.2) is 0 Å². The second-order valence-corrected chi connectivity index (χ2v) is 6.11. The maximum Gasteiger partial charge on any atom is 0.439 e. The third kappa shape index (κ3) is 2.41. The van der Waals surface area contributed by atoms with Crippen LogP contribution in [0.4, 0.5) is 13.2 Å². The lowest BCUT2D eigenvalue weighted by Gasteiger charge is -2.39. The molecule has 3 atom stereocenters. The van der Waals surface area contributed by atoms with E-state index in [2.05, 4.69) is 10.1 Å². The molecule has 1 saturated carbocycles. The average molecular weight is 327 g/mol. The number of fused-ring (bicyclic) bond motifs is 1. The highest BCUT2D eigenvalue weighted by Gasteiger charge is 2.68. The van der Waals surface area contributed by atoms with E-state index in [9.17, 15) is 23.1 Å². The first-order valence-corrected chi connectivity index (χ1v) is 7.36. The Hall–Kier alpha value is -1.96. The van der Waals surface area contributed by atoms with Gasteiger partial charge in [0.2, 0.25) is 0 Å². The Morgan fingerprint density at radius 1 is 1.48 bits per heavy atom. The van der Waals surface area contributed by atoms with Crippen LogP contribution in [0.1, 0.15) is 36.5 Å². The van der Waals surface area contributed by atoms with Crippen LogP contribution in [0.15, 0.2) is 29.6 Å². The van der Waals surface area contributed by atoms with Crippen molar-refractivity contribution < 1.29 is 23.1 Å². The fourth-order valence-electron chi connectivity index (χ4n) is 3.22. The van der Waals surface area contributed by atoms with E-state index in [1.807, 2.05) is 6.92 Å². The van der Waals surface area contributed by atoms with Crippen LogP contribution in [0.25, 0.3) is 0 Å². The summed E-state index contributed by atoms with van der Waals surface area (Å²) in [5, 5.41) is 14.5. The summed E-state index contributed by atoms with van der Waals surface area (Å²) >= 11 is 0. The Balaban J connectivity index is 2.04. The number of aliphatic hydroxyl groups is 1. The van der Waals surface area contributed by atoms with Gasteiger partial charge in [-0.05, 0) is 37.3 Å². The molecule has 2 heterocycles. The van der Waals surface area contributed by atoms with Crippen LogP contribution >= 0.6 is 0 Å². The molecule has 5 nitrogen and oxygen atoms in total. The summed E-state index contributed by atoms with van der Waals surface area (Å²) in [6.45, 7) is 1.83. The molecule has 1 aliphatic heterocycles. The molecule has 1 aromatic rings. The minimum atomic E-state index is -5.00. The van der Waals surface area contributed by atoms with Crippen LogP contribution in [0.5, 0.6) is 0 Å². The number of hydrogen-bond donors (Lipinski definition) is 1. The molecule has 1 amide bonds. The highest BCUT2D eigenvalue weighted by atomic mass is 19.4. The number of aromatic nitrogens is 1. The minimum absolute atomic E-state index is 0.0290. The van der Waals surface area contributed by atoms with E-state index in [1.165, 1.54) is 18.3 Å². The van der Waals surface area contributed by atoms with E-state index in [1.54, 1.807) is 0 Å². The maximum absolute atomic E-state index is 13.6. The van der Waals surface area contributed by atoms with E-state index < -0.39 is 23.7 Å². The first-order valence-electron chi connectivity index (χ1n) is 7.36. The fourth-order valence-corrected chi connectivity index (χ4v) is 3.22. The van der Waals surface area contributed by atoms with Crippen molar-refractivity contribution in [3.63, 3.8) is 0 Å². The Kier molecular flexibility index (Phi) is 3.66. The number of nitrogens with zero attached hydrogens (tertiary/aromatic N) is 3. The number of hydrazone groups is 1. The van der Waals surface area contributed by atoms with Gasteiger partial charge in [-0.15, -0.1) is 0 Å². The Morgan fingerprint density at radius 3 is 2.83 bits per heavy atom. The van der Waals surface area contributed by atoms with E-state index in [0.29, 0.717) is 12.8 Å². The van der Waals surface area contributed by atoms with Crippen molar-refractivity contribution in [1.29, 1.82) is 0 Å². The van der Waals surface area contributed by atoms with Crippen molar-refractivity contribution in [2.24, 2.45) is 16.9 Å². The van der Waals surface area contributed by atoms with Crippen molar-refractivity contribution in [3.05, 3.63) is 30.1 Å². The molecule has 0 unspecified atom stereocenters. The third-order valence-electron chi connectivity index (χ3n) is 4.49. The lowest BCUT2D eigenvalue weighted by molar-refractivity contribution is -0.313. The number of carbonyl (C=O) groups is 1. The van der Waals surface area contributed by atoms with Gasteiger partial charge in [0.1, 0.15) is 0 Å². The maximum atomic E-state index is 13.6. The van der Waals surface area contributed by atoms with E-state index >= 15 is 0 Å².